The van der Waals surface area contributed by atoms with Crippen LogP contribution >= 0.6 is 0 Å². The summed E-state index contributed by atoms with van der Waals surface area (Å²) in [6.07, 6.45) is -4.50. The second-order valence-corrected chi connectivity index (χ2v) is 4.16. The number of Topliss-reactive ketones (excluding diaryl/α,β-unsaturated/α-hetero) is 1. The Labute approximate surface area is 119 Å². The Morgan fingerprint density at radius 1 is 1.19 bits per heavy atom. The molecule has 0 atom stereocenters. The third-order valence-corrected chi connectivity index (χ3v) is 2.51. The predicted octanol–water partition coefficient (Wildman–Crippen LogP) is 3.00. The maximum Gasteiger partial charge on any atom is 0.416 e. The van der Waals surface area contributed by atoms with E-state index in [-0.39, 0.29) is 37.6 Å². The van der Waals surface area contributed by atoms with Crippen LogP contribution in [0.5, 0.6) is 5.75 Å². The zero-order valence-corrected chi connectivity index (χ0v) is 11.4. The minimum absolute atomic E-state index is 0.0329. The summed E-state index contributed by atoms with van der Waals surface area (Å²) in [5.41, 5.74) is -0.814. The highest BCUT2D eigenvalue weighted by Crippen LogP contribution is 2.31. The van der Waals surface area contributed by atoms with Crippen molar-refractivity contribution in [2.24, 2.45) is 0 Å². The van der Waals surface area contributed by atoms with Gasteiger partial charge < -0.3 is 9.47 Å². The zero-order valence-electron chi connectivity index (χ0n) is 11.4. The van der Waals surface area contributed by atoms with E-state index in [0.717, 1.165) is 12.1 Å². The maximum absolute atomic E-state index is 12.5. The fraction of sp³-hybridized carbons (Fsp3) is 0.429. The van der Waals surface area contributed by atoms with Gasteiger partial charge in [0.2, 0.25) is 0 Å². The van der Waals surface area contributed by atoms with Crippen LogP contribution in [-0.4, -0.2) is 25.0 Å². The average molecular weight is 304 g/mol. The van der Waals surface area contributed by atoms with Crippen LogP contribution in [0.15, 0.2) is 24.3 Å². The predicted molar refractivity (Wildman–Crippen MR) is 67.8 cm³/mol. The molecule has 1 aromatic rings. The second kappa shape index (κ2) is 7.66. The molecule has 0 unspecified atom stereocenters. The van der Waals surface area contributed by atoms with Crippen LogP contribution in [0.3, 0.4) is 0 Å². The van der Waals surface area contributed by atoms with Gasteiger partial charge in [0.1, 0.15) is 31.2 Å². The van der Waals surface area contributed by atoms with E-state index in [1.165, 1.54) is 12.1 Å². The maximum atomic E-state index is 12.5. The molecule has 0 aliphatic heterocycles. The number of alkyl halides is 3. The molecule has 0 bridgehead atoms. The molecule has 116 valence electrons. The van der Waals surface area contributed by atoms with E-state index in [4.69, 9.17) is 9.47 Å². The third-order valence-electron chi connectivity index (χ3n) is 2.51. The normalized spacial score (nSPS) is 11.0. The van der Waals surface area contributed by atoms with Crippen LogP contribution < -0.4 is 4.74 Å². The highest BCUT2D eigenvalue weighted by atomic mass is 19.4. The highest BCUT2D eigenvalue weighted by molar-refractivity contribution is 5.95. The number of ketones is 1. The third kappa shape index (κ3) is 6.29. The summed E-state index contributed by atoms with van der Waals surface area (Å²) in [5.74, 6) is -0.876. The van der Waals surface area contributed by atoms with Gasteiger partial charge in [0.05, 0.1) is 5.56 Å². The molecular weight excluding hydrogens is 289 g/mol. The summed E-state index contributed by atoms with van der Waals surface area (Å²) in [5, 5.41) is 0. The lowest BCUT2D eigenvalue weighted by molar-refractivity contribution is -0.146. The lowest BCUT2D eigenvalue weighted by atomic mass is 10.2. The van der Waals surface area contributed by atoms with Crippen molar-refractivity contribution < 1.29 is 32.2 Å². The Hall–Kier alpha value is -2.05. The Morgan fingerprint density at radius 3 is 2.52 bits per heavy atom. The van der Waals surface area contributed by atoms with Gasteiger partial charge >= 0.3 is 12.1 Å². The Morgan fingerprint density at radius 2 is 1.90 bits per heavy atom. The molecule has 0 aromatic heterocycles. The summed E-state index contributed by atoms with van der Waals surface area (Å²) in [4.78, 5) is 22.1. The molecule has 0 spiro atoms. The Balaban J connectivity index is 2.36. The van der Waals surface area contributed by atoms with E-state index in [1.54, 1.807) is 6.92 Å². The van der Waals surface area contributed by atoms with Crippen LogP contribution in [0.4, 0.5) is 13.2 Å². The number of esters is 1. The van der Waals surface area contributed by atoms with E-state index in [1.807, 2.05) is 0 Å². The molecule has 0 heterocycles. The van der Waals surface area contributed by atoms with Crippen LogP contribution in [0.2, 0.25) is 0 Å². The van der Waals surface area contributed by atoms with Gasteiger partial charge in [-0.15, -0.1) is 0 Å². The molecule has 0 aliphatic carbocycles. The van der Waals surface area contributed by atoms with Crippen LogP contribution in [-0.2, 0) is 20.5 Å². The van der Waals surface area contributed by atoms with Gasteiger partial charge in [-0.1, -0.05) is 13.0 Å². The minimum Gasteiger partial charge on any atom is -0.490 e. The molecule has 0 saturated heterocycles. The number of hydrogen-bond donors (Lipinski definition) is 0. The number of carbonyl (C=O) groups excluding carboxylic acids is 2. The molecule has 21 heavy (non-hydrogen) atoms. The van der Waals surface area contributed by atoms with Crippen molar-refractivity contribution in [1.82, 2.24) is 0 Å². The van der Waals surface area contributed by atoms with Crippen molar-refractivity contribution in [3.05, 3.63) is 29.8 Å². The molecule has 7 heteroatoms. The van der Waals surface area contributed by atoms with Crippen molar-refractivity contribution in [3.63, 3.8) is 0 Å². The number of halogens is 3. The fourth-order valence-electron chi connectivity index (χ4n) is 1.41. The smallest absolute Gasteiger partial charge is 0.416 e. The summed E-state index contributed by atoms with van der Waals surface area (Å²) < 4.78 is 47.2. The molecule has 0 N–H and O–H groups in total. The van der Waals surface area contributed by atoms with Gasteiger partial charge in [0.25, 0.3) is 0 Å². The minimum atomic E-state index is -4.44. The first kappa shape index (κ1) is 17.0. The van der Waals surface area contributed by atoms with E-state index in [2.05, 4.69) is 0 Å². The molecule has 1 aromatic carbocycles. The molecule has 0 aliphatic rings. The SMILES string of the molecule is CCC(=O)CC(=O)OCCOc1cccc(C(F)(F)F)c1. The first-order valence-corrected chi connectivity index (χ1v) is 6.30. The van der Waals surface area contributed by atoms with E-state index >= 15 is 0 Å². The Bertz CT molecular complexity index is 497. The zero-order chi connectivity index (χ0) is 15.9. The monoisotopic (exact) mass is 304 g/mol. The van der Waals surface area contributed by atoms with Gasteiger partial charge in [-0.3, -0.25) is 9.59 Å². The number of hydrogen-bond acceptors (Lipinski definition) is 4. The summed E-state index contributed by atoms with van der Waals surface area (Å²) in [7, 11) is 0. The lowest BCUT2D eigenvalue weighted by Crippen LogP contribution is -2.15. The van der Waals surface area contributed by atoms with Crippen molar-refractivity contribution in [1.29, 1.82) is 0 Å². The van der Waals surface area contributed by atoms with E-state index in [9.17, 15) is 22.8 Å². The first-order chi connectivity index (χ1) is 9.82. The largest absolute Gasteiger partial charge is 0.490 e. The summed E-state index contributed by atoms with van der Waals surface area (Å²) >= 11 is 0. The first-order valence-electron chi connectivity index (χ1n) is 6.30. The van der Waals surface area contributed by atoms with E-state index in [0.29, 0.717) is 0 Å². The molecule has 0 saturated carbocycles. The molecule has 0 amide bonds. The molecule has 0 fully saturated rings. The van der Waals surface area contributed by atoms with Crippen LogP contribution in [0, 0.1) is 0 Å². The van der Waals surface area contributed by atoms with Crippen LogP contribution in [0.1, 0.15) is 25.3 Å². The van der Waals surface area contributed by atoms with Gasteiger partial charge in [-0.05, 0) is 18.2 Å². The molecular formula is C14H15F3O4. The quantitative estimate of drug-likeness (QED) is 0.441. The second-order valence-electron chi connectivity index (χ2n) is 4.16. The van der Waals surface area contributed by atoms with Crippen molar-refractivity contribution in [3.8, 4) is 5.75 Å². The number of ether oxygens (including phenoxy) is 2. The van der Waals surface area contributed by atoms with Crippen molar-refractivity contribution >= 4 is 11.8 Å². The average Bonchev–Trinajstić information content (AvgIpc) is 2.43. The molecule has 1 rings (SSSR count). The molecule has 0 radical (unpaired) electrons. The van der Waals surface area contributed by atoms with Crippen LogP contribution in [0.25, 0.3) is 0 Å². The standard InChI is InChI=1S/C14H15F3O4/c1-2-11(18)9-13(19)21-7-6-20-12-5-3-4-10(8-12)14(15,16)17/h3-5,8H,2,6-7,9H2,1H3. The number of rotatable bonds is 7. The Kier molecular flexibility index (Phi) is 6.20. The van der Waals surface area contributed by atoms with Gasteiger partial charge in [0, 0.05) is 6.42 Å². The van der Waals surface area contributed by atoms with Crippen molar-refractivity contribution in [2.45, 2.75) is 25.9 Å². The highest BCUT2D eigenvalue weighted by Gasteiger charge is 2.30. The van der Waals surface area contributed by atoms with Gasteiger partial charge in [-0.25, -0.2) is 0 Å². The fourth-order valence-corrected chi connectivity index (χ4v) is 1.41. The summed E-state index contributed by atoms with van der Waals surface area (Å²) in [6.45, 7) is 1.41. The van der Waals surface area contributed by atoms with Gasteiger partial charge in [0.15, 0.2) is 0 Å². The topological polar surface area (TPSA) is 52.6 Å². The molecule has 4 nitrogen and oxygen atoms in total. The number of benzene rings is 1. The number of carbonyl (C=O) groups is 2. The van der Waals surface area contributed by atoms with Crippen molar-refractivity contribution in [2.75, 3.05) is 13.2 Å². The van der Waals surface area contributed by atoms with Gasteiger partial charge in [-0.2, -0.15) is 13.2 Å². The lowest BCUT2D eigenvalue weighted by Gasteiger charge is -2.10. The van der Waals surface area contributed by atoms with E-state index < -0.39 is 17.7 Å². The summed E-state index contributed by atoms with van der Waals surface area (Å²) in [6, 6.07) is 4.40.